The standard InChI is InChI=1S/C19H22FN3O4/c1-23(11-13-8-9-14(26-2)10-17(13)27-3)12-18(24)22-19(25)21-16-7-5-4-6-15(16)20/h4-10H,11-12H2,1-3H3,(H2,21,22,24,25). The Hall–Kier alpha value is -3.13. The van der Waals surface area contributed by atoms with Gasteiger partial charge < -0.3 is 14.8 Å². The van der Waals surface area contributed by atoms with Crippen molar-refractivity contribution in [2.75, 3.05) is 33.1 Å². The molecule has 0 saturated heterocycles. The minimum absolute atomic E-state index is 0.000811. The van der Waals surface area contributed by atoms with Gasteiger partial charge in [-0.05, 0) is 25.2 Å². The van der Waals surface area contributed by atoms with Crippen LogP contribution in [0.2, 0.25) is 0 Å². The SMILES string of the molecule is COc1ccc(CN(C)CC(=O)NC(=O)Nc2ccccc2F)c(OC)c1. The van der Waals surface area contributed by atoms with Gasteiger partial charge >= 0.3 is 6.03 Å². The summed E-state index contributed by atoms with van der Waals surface area (Å²) < 4.78 is 24.0. The topological polar surface area (TPSA) is 79.9 Å². The zero-order chi connectivity index (χ0) is 19.8. The van der Waals surface area contributed by atoms with E-state index in [1.165, 1.54) is 18.2 Å². The molecule has 0 radical (unpaired) electrons. The lowest BCUT2D eigenvalue weighted by Crippen LogP contribution is -2.40. The number of carbonyl (C=O) groups excluding carboxylic acids is 2. The number of amides is 3. The second-order valence-electron chi connectivity index (χ2n) is 5.83. The molecule has 8 heteroatoms. The summed E-state index contributed by atoms with van der Waals surface area (Å²) in [4.78, 5) is 25.6. The summed E-state index contributed by atoms with van der Waals surface area (Å²) in [5.74, 6) is 0.211. The number of ether oxygens (including phenoxy) is 2. The molecule has 27 heavy (non-hydrogen) atoms. The van der Waals surface area contributed by atoms with Crippen LogP contribution < -0.4 is 20.1 Å². The largest absolute Gasteiger partial charge is 0.497 e. The third kappa shape index (κ3) is 5.96. The first kappa shape index (κ1) is 20.2. The van der Waals surface area contributed by atoms with Crippen LogP contribution in [0.15, 0.2) is 42.5 Å². The molecule has 0 heterocycles. The minimum Gasteiger partial charge on any atom is -0.497 e. The summed E-state index contributed by atoms with van der Waals surface area (Å²) in [6.45, 7) is 0.398. The van der Waals surface area contributed by atoms with Crippen molar-refractivity contribution in [1.82, 2.24) is 10.2 Å². The van der Waals surface area contributed by atoms with Gasteiger partial charge in [0.2, 0.25) is 5.91 Å². The van der Waals surface area contributed by atoms with Crippen LogP contribution in [0.1, 0.15) is 5.56 Å². The van der Waals surface area contributed by atoms with Crippen LogP contribution >= 0.6 is 0 Å². The summed E-state index contributed by atoms with van der Waals surface area (Å²) in [6, 6.07) is 10.3. The smallest absolute Gasteiger partial charge is 0.326 e. The number of carbonyl (C=O) groups is 2. The van der Waals surface area contributed by atoms with Crippen molar-refractivity contribution in [1.29, 1.82) is 0 Å². The predicted octanol–water partition coefficient (Wildman–Crippen LogP) is 2.62. The molecule has 0 saturated carbocycles. The Morgan fingerprint density at radius 1 is 1.11 bits per heavy atom. The van der Waals surface area contributed by atoms with Gasteiger partial charge in [0.15, 0.2) is 0 Å². The number of nitrogens with zero attached hydrogens (tertiary/aromatic N) is 1. The van der Waals surface area contributed by atoms with E-state index in [9.17, 15) is 14.0 Å². The normalized spacial score (nSPS) is 10.4. The number of likely N-dealkylation sites (N-methyl/N-ethyl adjacent to an activating group) is 1. The quantitative estimate of drug-likeness (QED) is 0.778. The first-order chi connectivity index (χ1) is 12.9. The third-order valence-electron chi connectivity index (χ3n) is 3.72. The van der Waals surface area contributed by atoms with Crippen LogP contribution in [0.3, 0.4) is 0 Å². The minimum atomic E-state index is -0.791. The fraction of sp³-hybridized carbons (Fsp3) is 0.263. The molecular formula is C19H22FN3O4. The van der Waals surface area contributed by atoms with Crippen LogP contribution in [-0.2, 0) is 11.3 Å². The Morgan fingerprint density at radius 3 is 2.52 bits per heavy atom. The Morgan fingerprint density at radius 2 is 1.85 bits per heavy atom. The van der Waals surface area contributed by atoms with Crippen molar-refractivity contribution in [3.8, 4) is 11.5 Å². The van der Waals surface area contributed by atoms with Crippen molar-refractivity contribution >= 4 is 17.6 Å². The number of rotatable bonds is 7. The van der Waals surface area contributed by atoms with E-state index in [4.69, 9.17) is 9.47 Å². The molecule has 0 fully saturated rings. The van der Waals surface area contributed by atoms with Gasteiger partial charge in [0.1, 0.15) is 17.3 Å². The molecule has 3 amide bonds. The van der Waals surface area contributed by atoms with Crippen molar-refractivity contribution in [2.45, 2.75) is 6.54 Å². The number of urea groups is 1. The summed E-state index contributed by atoms with van der Waals surface area (Å²) in [5, 5.41) is 4.47. The maximum absolute atomic E-state index is 13.5. The number of para-hydroxylation sites is 1. The zero-order valence-electron chi connectivity index (χ0n) is 15.4. The van der Waals surface area contributed by atoms with Gasteiger partial charge in [0.05, 0.1) is 26.5 Å². The van der Waals surface area contributed by atoms with Crippen molar-refractivity contribution in [2.24, 2.45) is 0 Å². The van der Waals surface area contributed by atoms with E-state index in [-0.39, 0.29) is 12.2 Å². The number of methoxy groups -OCH3 is 2. The number of anilines is 1. The highest BCUT2D eigenvalue weighted by atomic mass is 19.1. The lowest BCUT2D eigenvalue weighted by Gasteiger charge is -2.18. The molecule has 0 aliphatic carbocycles. The van der Waals surface area contributed by atoms with E-state index in [1.807, 2.05) is 6.07 Å². The molecular weight excluding hydrogens is 353 g/mol. The molecule has 2 N–H and O–H groups in total. The zero-order valence-corrected chi connectivity index (χ0v) is 15.4. The maximum Gasteiger partial charge on any atom is 0.326 e. The van der Waals surface area contributed by atoms with E-state index in [0.29, 0.717) is 18.0 Å². The van der Waals surface area contributed by atoms with Gasteiger partial charge in [-0.15, -0.1) is 0 Å². The van der Waals surface area contributed by atoms with Crippen molar-refractivity contribution in [3.63, 3.8) is 0 Å². The fourth-order valence-electron chi connectivity index (χ4n) is 2.46. The van der Waals surface area contributed by atoms with Crippen molar-refractivity contribution in [3.05, 3.63) is 53.8 Å². The number of imide groups is 1. The molecule has 2 aromatic carbocycles. The van der Waals surface area contributed by atoms with Gasteiger partial charge in [0, 0.05) is 18.2 Å². The average molecular weight is 375 g/mol. The van der Waals surface area contributed by atoms with E-state index in [1.54, 1.807) is 44.4 Å². The molecule has 0 spiro atoms. The Balaban J connectivity index is 1.88. The van der Waals surface area contributed by atoms with Gasteiger partial charge in [-0.2, -0.15) is 0 Å². The summed E-state index contributed by atoms with van der Waals surface area (Å²) in [7, 11) is 4.85. The Kier molecular flexibility index (Phi) is 7.13. The molecule has 0 aliphatic rings. The molecule has 0 aliphatic heterocycles. The monoisotopic (exact) mass is 375 g/mol. The highest BCUT2D eigenvalue weighted by molar-refractivity contribution is 6.01. The first-order valence-corrected chi connectivity index (χ1v) is 8.17. The summed E-state index contributed by atoms with van der Waals surface area (Å²) in [5.41, 5.74) is 0.864. The molecule has 0 atom stereocenters. The lowest BCUT2D eigenvalue weighted by molar-refractivity contribution is -0.120. The molecule has 0 aromatic heterocycles. The Bertz CT molecular complexity index is 813. The summed E-state index contributed by atoms with van der Waals surface area (Å²) >= 11 is 0. The molecule has 7 nitrogen and oxygen atoms in total. The Labute approximate surface area is 157 Å². The van der Waals surface area contributed by atoms with Crippen LogP contribution in [0.25, 0.3) is 0 Å². The third-order valence-corrected chi connectivity index (χ3v) is 3.72. The van der Waals surface area contributed by atoms with E-state index in [0.717, 1.165) is 5.56 Å². The number of benzene rings is 2. The molecule has 144 valence electrons. The number of nitrogens with one attached hydrogen (secondary N) is 2. The highest BCUT2D eigenvalue weighted by Gasteiger charge is 2.14. The second kappa shape index (κ2) is 9.54. The predicted molar refractivity (Wildman–Crippen MR) is 99.4 cm³/mol. The molecule has 0 unspecified atom stereocenters. The van der Waals surface area contributed by atoms with Crippen LogP contribution in [0, 0.1) is 5.82 Å². The van der Waals surface area contributed by atoms with Gasteiger partial charge in [0.25, 0.3) is 0 Å². The van der Waals surface area contributed by atoms with Crippen LogP contribution in [0.5, 0.6) is 11.5 Å². The number of hydrogen-bond acceptors (Lipinski definition) is 5. The average Bonchev–Trinajstić information content (AvgIpc) is 2.63. The van der Waals surface area contributed by atoms with Gasteiger partial charge in [-0.3, -0.25) is 15.0 Å². The van der Waals surface area contributed by atoms with E-state index >= 15 is 0 Å². The van der Waals surface area contributed by atoms with Crippen LogP contribution in [-0.4, -0.2) is 44.7 Å². The number of hydrogen-bond donors (Lipinski definition) is 2. The molecule has 2 aromatic rings. The van der Waals surface area contributed by atoms with Crippen LogP contribution in [0.4, 0.5) is 14.9 Å². The van der Waals surface area contributed by atoms with Gasteiger partial charge in [-0.1, -0.05) is 18.2 Å². The lowest BCUT2D eigenvalue weighted by atomic mass is 10.2. The second-order valence-corrected chi connectivity index (χ2v) is 5.83. The highest BCUT2D eigenvalue weighted by Crippen LogP contribution is 2.25. The molecule has 2 rings (SSSR count). The summed E-state index contributed by atoms with van der Waals surface area (Å²) in [6.07, 6.45) is 0. The number of halogens is 1. The van der Waals surface area contributed by atoms with E-state index in [2.05, 4.69) is 10.6 Å². The van der Waals surface area contributed by atoms with Crippen molar-refractivity contribution < 1.29 is 23.5 Å². The molecule has 0 bridgehead atoms. The first-order valence-electron chi connectivity index (χ1n) is 8.17. The van der Waals surface area contributed by atoms with Gasteiger partial charge in [-0.25, -0.2) is 9.18 Å². The fourth-order valence-corrected chi connectivity index (χ4v) is 2.46. The van der Waals surface area contributed by atoms with E-state index < -0.39 is 17.8 Å². The maximum atomic E-state index is 13.5.